The molecule has 1 spiro atoms. The van der Waals surface area contributed by atoms with Crippen molar-refractivity contribution in [2.75, 3.05) is 25.5 Å². The third-order valence-electron chi connectivity index (χ3n) is 8.66. The Kier molecular flexibility index (Phi) is 5.62. The van der Waals surface area contributed by atoms with Crippen LogP contribution in [0.5, 0.6) is 5.75 Å². The molecule has 2 aliphatic heterocycles. The van der Waals surface area contributed by atoms with Crippen LogP contribution in [-0.2, 0) is 25.0 Å². The summed E-state index contributed by atoms with van der Waals surface area (Å²) in [4.78, 5) is 29.8. The van der Waals surface area contributed by atoms with Crippen molar-refractivity contribution in [2.24, 2.45) is 0 Å². The van der Waals surface area contributed by atoms with Crippen LogP contribution in [0.3, 0.4) is 0 Å². The first-order chi connectivity index (χ1) is 19.3. The van der Waals surface area contributed by atoms with Crippen molar-refractivity contribution in [3.8, 4) is 11.6 Å². The van der Waals surface area contributed by atoms with E-state index in [1.54, 1.807) is 21.6 Å². The van der Waals surface area contributed by atoms with Gasteiger partial charge in [-0.3, -0.25) is 4.79 Å². The molecule has 3 aliphatic rings. The summed E-state index contributed by atoms with van der Waals surface area (Å²) in [6.07, 6.45) is 7.10. The van der Waals surface area contributed by atoms with Crippen molar-refractivity contribution in [3.05, 3.63) is 76.4 Å². The second-order valence-corrected chi connectivity index (χ2v) is 11.4. The van der Waals surface area contributed by atoms with E-state index in [1.807, 2.05) is 31.2 Å². The van der Waals surface area contributed by atoms with Gasteiger partial charge >= 0.3 is 0 Å². The number of nitrogens with one attached hydrogen (secondary N) is 1. The molecule has 10 nitrogen and oxygen atoms in total. The van der Waals surface area contributed by atoms with Crippen LogP contribution < -0.4 is 15.6 Å². The average Bonchev–Trinajstić information content (AvgIpc) is 3.67. The van der Waals surface area contributed by atoms with Crippen molar-refractivity contribution < 1.29 is 9.84 Å². The number of allylic oxidation sites excluding steroid dienone is 1. The van der Waals surface area contributed by atoms with Crippen molar-refractivity contribution in [1.29, 1.82) is 0 Å². The highest BCUT2D eigenvalue weighted by molar-refractivity contribution is 5.77. The van der Waals surface area contributed by atoms with Gasteiger partial charge in [-0.15, -0.1) is 6.58 Å². The van der Waals surface area contributed by atoms with Gasteiger partial charge in [-0.25, -0.2) is 19.3 Å². The normalized spacial score (nSPS) is 23.5. The molecule has 4 aromatic rings. The fourth-order valence-corrected chi connectivity index (χ4v) is 6.53. The lowest BCUT2D eigenvalue weighted by Gasteiger charge is -2.22. The molecule has 2 N–H and O–H groups in total. The Morgan fingerprint density at radius 2 is 2.08 bits per heavy atom. The maximum atomic E-state index is 13.4. The molecule has 1 unspecified atom stereocenters. The molecule has 10 heteroatoms. The molecule has 1 aromatic carbocycles. The SMILES string of the molecule is C=CCn1c(=O)c2cnc(Nc3ccc4c(c3)CC3(CCN(C)C3)O4)nc2n1-c1ccc2c(n1)[C@@](O)(CC)CC2. The molecule has 0 radical (unpaired) electrons. The third kappa shape index (κ3) is 3.85. The van der Waals surface area contributed by atoms with Crippen LogP contribution in [0.1, 0.15) is 43.0 Å². The van der Waals surface area contributed by atoms with E-state index in [4.69, 9.17) is 14.7 Å². The van der Waals surface area contributed by atoms with Crippen molar-refractivity contribution in [3.63, 3.8) is 0 Å². The maximum Gasteiger partial charge on any atom is 0.278 e. The van der Waals surface area contributed by atoms with Crippen LogP contribution >= 0.6 is 0 Å². The average molecular weight is 540 g/mol. The molecule has 2 atom stereocenters. The number of likely N-dealkylation sites (tertiary alicyclic amines) is 1. The Bertz CT molecular complexity index is 1730. The molecule has 0 amide bonds. The monoisotopic (exact) mass is 539 g/mol. The minimum Gasteiger partial charge on any atom is -0.485 e. The number of ether oxygens (including phenoxy) is 1. The second kappa shape index (κ2) is 9.00. The van der Waals surface area contributed by atoms with E-state index in [1.165, 1.54) is 5.56 Å². The Morgan fingerprint density at radius 1 is 1.20 bits per heavy atom. The number of rotatable bonds is 6. The Balaban J connectivity index is 1.27. The Labute approximate surface area is 231 Å². The fourth-order valence-electron chi connectivity index (χ4n) is 6.53. The van der Waals surface area contributed by atoms with Crippen LogP contribution in [0.2, 0.25) is 0 Å². The van der Waals surface area contributed by atoms with Gasteiger partial charge in [0, 0.05) is 43.4 Å². The molecular formula is C30H33N7O3. The number of benzene rings is 1. The first-order valence-corrected chi connectivity index (χ1v) is 13.9. The van der Waals surface area contributed by atoms with Gasteiger partial charge in [0.15, 0.2) is 11.5 Å². The summed E-state index contributed by atoms with van der Waals surface area (Å²) < 4.78 is 9.63. The van der Waals surface area contributed by atoms with Crippen LogP contribution in [0, 0.1) is 0 Å². The van der Waals surface area contributed by atoms with E-state index in [2.05, 4.69) is 34.9 Å². The molecule has 206 valence electrons. The first-order valence-electron chi connectivity index (χ1n) is 13.9. The highest BCUT2D eigenvalue weighted by Gasteiger charge is 2.44. The molecule has 0 bridgehead atoms. The molecular weight excluding hydrogens is 506 g/mol. The number of anilines is 2. The van der Waals surface area contributed by atoms with E-state index in [0.717, 1.165) is 49.4 Å². The van der Waals surface area contributed by atoms with E-state index >= 15 is 0 Å². The van der Waals surface area contributed by atoms with E-state index in [9.17, 15) is 9.90 Å². The van der Waals surface area contributed by atoms with Crippen LogP contribution in [0.25, 0.3) is 16.9 Å². The van der Waals surface area contributed by atoms with Crippen molar-refractivity contribution in [1.82, 2.24) is 29.2 Å². The number of fused-ring (bicyclic) bond motifs is 3. The smallest absolute Gasteiger partial charge is 0.278 e. The van der Waals surface area contributed by atoms with Gasteiger partial charge in [-0.2, -0.15) is 4.98 Å². The molecule has 1 fully saturated rings. The highest BCUT2D eigenvalue weighted by Crippen LogP contribution is 2.41. The van der Waals surface area contributed by atoms with Gasteiger partial charge in [-0.1, -0.05) is 19.1 Å². The van der Waals surface area contributed by atoms with Crippen molar-refractivity contribution >= 4 is 22.7 Å². The zero-order chi connectivity index (χ0) is 27.6. The van der Waals surface area contributed by atoms with E-state index in [0.29, 0.717) is 41.3 Å². The number of aliphatic hydroxyl groups is 1. The quantitative estimate of drug-likeness (QED) is 0.359. The molecule has 7 rings (SSSR count). The lowest BCUT2D eigenvalue weighted by Crippen LogP contribution is -2.36. The van der Waals surface area contributed by atoms with Gasteiger partial charge < -0.3 is 20.1 Å². The summed E-state index contributed by atoms with van der Waals surface area (Å²) in [6, 6.07) is 9.93. The van der Waals surface area contributed by atoms with Gasteiger partial charge in [-0.05, 0) is 56.1 Å². The first kappa shape index (κ1) is 25.0. The van der Waals surface area contributed by atoms with Gasteiger partial charge in [0.1, 0.15) is 22.3 Å². The molecule has 3 aromatic heterocycles. The maximum absolute atomic E-state index is 13.4. The van der Waals surface area contributed by atoms with Crippen LogP contribution in [-0.4, -0.2) is 60.1 Å². The van der Waals surface area contributed by atoms with Gasteiger partial charge in [0.25, 0.3) is 5.56 Å². The van der Waals surface area contributed by atoms with E-state index < -0.39 is 5.60 Å². The fraction of sp³-hybridized carbons (Fsp3) is 0.400. The predicted molar refractivity (Wildman–Crippen MR) is 153 cm³/mol. The number of hydrogen-bond donors (Lipinski definition) is 2. The predicted octanol–water partition coefficient (Wildman–Crippen LogP) is 3.46. The molecule has 40 heavy (non-hydrogen) atoms. The van der Waals surface area contributed by atoms with Gasteiger partial charge in [0.2, 0.25) is 5.95 Å². The minimum atomic E-state index is -0.969. The summed E-state index contributed by atoms with van der Waals surface area (Å²) >= 11 is 0. The summed E-state index contributed by atoms with van der Waals surface area (Å²) in [5.41, 5.74) is 2.83. The zero-order valence-electron chi connectivity index (χ0n) is 22.9. The molecule has 0 saturated carbocycles. The molecule has 1 saturated heterocycles. The molecule has 1 aliphatic carbocycles. The lowest BCUT2D eigenvalue weighted by atomic mass is 9.96. The highest BCUT2D eigenvalue weighted by atomic mass is 16.5. The minimum absolute atomic E-state index is 0.137. The summed E-state index contributed by atoms with van der Waals surface area (Å²) in [6.45, 7) is 8.04. The molecule has 5 heterocycles. The van der Waals surface area contributed by atoms with Crippen LogP contribution in [0.4, 0.5) is 11.6 Å². The van der Waals surface area contributed by atoms with Crippen molar-refractivity contribution in [2.45, 2.75) is 56.8 Å². The number of pyridine rings is 1. The Morgan fingerprint density at radius 3 is 2.85 bits per heavy atom. The Hall–Kier alpha value is -4.02. The third-order valence-corrected chi connectivity index (χ3v) is 8.66. The topological polar surface area (TPSA) is 110 Å². The number of likely N-dealkylation sites (N-methyl/N-ethyl adjacent to an activating group) is 1. The van der Waals surface area contributed by atoms with Gasteiger partial charge in [0.05, 0.1) is 12.2 Å². The largest absolute Gasteiger partial charge is 0.485 e. The lowest BCUT2D eigenvalue weighted by molar-refractivity contribution is 0.0306. The summed E-state index contributed by atoms with van der Waals surface area (Å²) in [5, 5.41) is 14.9. The van der Waals surface area contributed by atoms with Crippen LogP contribution in [0.15, 0.2) is 54.0 Å². The number of aryl methyl sites for hydroxylation is 1. The summed E-state index contributed by atoms with van der Waals surface area (Å²) in [5.74, 6) is 1.83. The number of nitrogens with zero attached hydrogens (tertiary/aromatic N) is 6. The standard InChI is InChI=1S/C30H33N7O3/c1-4-13-36-27(38)22-17-31-28(32-21-7-8-23-20(15-21)16-29(40-23)12-14-35(3)18-29)34-26(22)37(36)24-9-6-19-10-11-30(39,5-2)25(19)33-24/h4,6-9,15,17,39H,1,5,10-14,16,18H2,2-3H3,(H,31,32,34)/t29?,30-/m1/s1. The zero-order valence-corrected chi connectivity index (χ0v) is 22.9. The second-order valence-electron chi connectivity index (χ2n) is 11.4. The number of aromatic nitrogens is 5. The number of hydrogen-bond acceptors (Lipinski definition) is 8. The van der Waals surface area contributed by atoms with E-state index in [-0.39, 0.29) is 17.7 Å². The summed E-state index contributed by atoms with van der Waals surface area (Å²) in [7, 11) is 2.13.